The summed E-state index contributed by atoms with van der Waals surface area (Å²) >= 11 is 0. The van der Waals surface area contributed by atoms with Crippen molar-refractivity contribution in [2.75, 3.05) is 0 Å². The number of rotatable bonds is 5. The van der Waals surface area contributed by atoms with Gasteiger partial charge in [0.2, 0.25) is 0 Å². The summed E-state index contributed by atoms with van der Waals surface area (Å²) in [6, 6.07) is 1.50. The van der Waals surface area contributed by atoms with Crippen molar-refractivity contribution in [3.8, 4) is 11.5 Å². The van der Waals surface area contributed by atoms with Crippen LogP contribution in [0.2, 0.25) is 0 Å². The van der Waals surface area contributed by atoms with Crippen LogP contribution in [-0.4, -0.2) is 16.0 Å². The third kappa shape index (κ3) is 2.56. The van der Waals surface area contributed by atoms with E-state index in [2.05, 4.69) is 13.2 Å². The van der Waals surface area contributed by atoms with E-state index in [-0.39, 0.29) is 22.8 Å². The molecule has 0 atom stereocenters. The van der Waals surface area contributed by atoms with E-state index >= 15 is 0 Å². The third-order valence-corrected chi connectivity index (χ3v) is 2.54. The minimum absolute atomic E-state index is 0.00676. The molecule has 1 aromatic rings. The van der Waals surface area contributed by atoms with Gasteiger partial charge in [0.25, 0.3) is 0 Å². The molecule has 1 rings (SSSR count). The fraction of sp³-hybridized carbons (Fsp3) is 0.214. The number of benzene rings is 1. The van der Waals surface area contributed by atoms with E-state index in [1.54, 1.807) is 12.2 Å². The highest BCUT2D eigenvalue weighted by Gasteiger charge is 2.17. The first-order valence-corrected chi connectivity index (χ1v) is 5.32. The van der Waals surface area contributed by atoms with Gasteiger partial charge in [0.15, 0.2) is 5.78 Å². The van der Waals surface area contributed by atoms with Gasteiger partial charge in [0.1, 0.15) is 11.5 Å². The second-order valence-electron chi connectivity index (χ2n) is 3.80. The number of hydrogen-bond acceptors (Lipinski definition) is 3. The molecular weight excluding hydrogens is 216 g/mol. The largest absolute Gasteiger partial charge is 0.507 e. The van der Waals surface area contributed by atoms with E-state index in [1.165, 1.54) is 13.0 Å². The normalized spacial score (nSPS) is 9.94. The smallest absolute Gasteiger partial charge is 0.163 e. The van der Waals surface area contributed by atoms with Gasteiger partial charge in [-0.25, -0.2) is 0 Å². The Kier molecular flexibility index (Phi) is 4.10. The summed E-state index contributed by atoms with van der Waals surface area (Å²) in [6.07, 6.45) is 3.95. The molecule has 0 aliphatic rings. The molecule has 0 aliphatic heterocycles. The minimum Gasteiger partial charge on any atom is -0.507 e. The monoisotopic (exact) mass is 232 g/mol. The summed E-state index contributed by atoms with van der Waals surface area (Å²) in [7, 11) is 0. The second kappa shape index (κ2) is 5.34. The van der Waals surface area contributed by atoms with Crippen LogP contribution in [0.5, 0.6) is 11.5 Å². The van der Waals surface area contributed by atoms with E-state index in [1.807, 2.05) is 0 Å². The Morgan fingerprint density at radius 1 is 1.24 bits per heavy atom. The molecule has 0 saturated carbocycles. The molecule has 90 valence electrons. The molecule has 2 N–H and O–H groups in total. The zero-order valence-electron chi connectivity index (χ0n) is 9.86. The second-order valence-corrected chi connectivity index (χ2v) is 3.80. The molecule has 0 amide bonds. The maximum Gasteiger partial charge on any atom is 0.163 e. The van der Waals surface area contributed by atoms with Crippen molar-refractivity contribution in [3.05, 3.63) is 48.1 Å². The Morgan fingerprint density at radius 2 is 1.82 bits per heavy atom. The summed E-state index contributed by atoms with van der Waals surface area (Å²) < 4.78 is 0. The van der Waals surface area contributed by atoms with Crippen LogP contribution >= 0.6 is 0 Å². The lowest BCUT2D eigenvalue weighted by atomic mass is 9.96. The van der Waals surface area contributed by atoms with E-state index in [0.29, 0.717) is 24.0 Å². The zero-order chi connectivity index (χ0) is 13.0. The highest BCUT2D eigenvalue weighted by atomic mass is 16.3. The van der Waals surface area contributed by atoms with Crippen LogP contribution in [0.3, 0.4) is 0 Å². The molecule has 0 saturated heterocycles. The first kappa shape index (κ1) is 13.0. The van der Waals surface area contributed by atoms with Crippen molar-refractivity contribution in [1.29, 1.82) is 0 Å². The number of carbonyl (C=O) groups is 1. The summed E-state index contributed by atoms with van der Waals surface area (Å²) in [5.41, 5.74) is 1.14. The first-order valence-electron chi connectivity index (χ1n) is 5.32. The summed E-state index contributed by atoms with van der Waals surface area (Å²) in [6.45, 7) is 8.53. The zero-order valence-corrected chi connectivity index (χ0v) is 9.86. The molecule has 17 heavy (non-hydrogen) atoms. The van der Waals surface area contributed by atoms with Gasteiger partial charge < -0.3 is 10.2 Å². The standard InChI is InChI=1S/C14H16O3/c1-4-6-10-8-12(9(3)15)14(17)11(7-5-2)13(10)16/h4-5,8,16-17H,1-2,6-7H2,3H3. The molecule has 0 spiro atoms. The van der Waals surface area contributed by atoms with Crippen LogP contribution in [0.1, 0.15) is 28.4 Å². The molecule has 0 radical (unpaired) electrons. The number of ketones is 1. The summed E-state index contributed by atoms with van der Waals surface area (Å²) in [5.74, 6) is -0.395. The maximum atomic E-state index is 11.4. The van der Waals surface area contributed by atoms with Crippen molar-refractivity contribution < 1.29 is 15.0 Å². The molecule has 0 unspecified atom stereocenters. The number of Topliss-reactive ketones (excluding diaryl/α,β-unsaturated/α-hetero) is 1. The quantitative estimate of drug-likeness (QED) is 0.606. The van der Waals surface area contributed by atoms with Crippen molar-refractivity contribution in [3.63, 3.8) is 0 Å². The van der Waals surface area contributed by atoms with Crippen molar-refractivity contribution >= 4 is 5.78 Å². The molecule has 3 nitrogen and oxygen atoms in total. The Morgan fingerprint density at radius 3 is 2.29 bits per heavy atom. The van der Waals surface area contributed by atoms with Crippen LogP contribution < -0.4 is 0 Å². The van der Waals surface area contributed by atoms with Crippen molar-refractivity contribution in [1.82, 2.24) is 0 Å². The summed E-state index contributed by atoms with van der Waals surface area (Å²) in [4.78, 5) is 11.4. The topological polar surface area (TPSA) is 57.5 Å². The highest BCUT2D eigenvalue weighted by Crippen LogP contribution is 2.35. The molecular formula is C14H16O3. The van der Waals surface area contributed by atoms with Crippen LogP contribution in [0.25, 0.3) is 0 Å². The lowest BCUT2D eigenvalue weighted by Gasteiger charge is -2.12. The number of phenols is 2. The number of aromatic hydroxyl groups is 2. The van der Waals surface area contributed by atoms with Crippen LogP contribution in [0, 0.1) is 0 Å². The average Bonchev–Trinajstić information content (AvgIpc) is 2.27. The number of hydrogen-bond donors (Lipinski definition) is 2. The van der Waals surface area contributed by atoms with Gasteiger partial charge in [0.05, 0.1) is 5.56 Å². The molecule has 3 heteroatoms. The average molecular weight is 232 g/mol. The minimum atomic E-state index is -0.238. The van der Waals surface area contributed by atoms with Crippen molar-refractivity contribution in [2.24, 2.45) is 0 Å². The lowest BCUT2D eigenvalue weighted by molar-refractivity contribution is 0.101. The Labute approximate surface area is 101 Å². The summed E-state index contributed by atoms with van der Waals surface area (Å²) in [5, 5.41) is 19.9. The molecule has 0 bridgehead atoms. The lowest BCUT2D eigenvalue weighted by Crippen LogP contribution is -2.00. The molecule has 0 heterocycles. The van der Waals surface area contributed by atoms with E-state index in [9.17, 15) is 15.0 Å². The SMILES string of the molecule is C=CCc1cc(C(C)=O)c(O)c(CC=C)c1O. The van der Waals surface area contributed by atoms with E-state index < -0.39 is 0 Å². The van der Waals surface area contributed by atoms with Crippen LogP contribution in [0.4, 0.5) is 0 Å². The van der Waals surface area contributed by atoms with Crippen molar-refractivity contribution in [2.45, 2.75) is 19.8 Å². The van der Waals surface area contributed by atoms with Gasteiger partial charge in [-0.1, -0.05) is 12.2 Å². The predicted octanol–water partition coefficient (Wildman–Crippen LogP) is 2.76. The van der Waals surface area contributed by atoms with E-state index in [4.69, 9.17) is 0 Å². The van der Waals surface area contributed by atoms with Gasteiger partial charge in [-0.05, 0) is 31.4 Å². The van der Waals surface area contributed by atoms with Crippen LogP contribution in [0.15, 0.2) is 31.4 Å². The fourth-order valence-corrected chi connectivity index (χ4v) is 1.70. The molecule has 0 aliphatic carbocycles. The Hall–Kier alpha value is -2.03. The van der Waals surface area contributed by atoms with Gasteiger partial charge in [-0.3, -0.25) is 4.79 Å². The third-order valence-electron chi connectivity index (χ3n) is 2.54. The molecule has 0 fully saturated rings. The predicted molar refractivity (Wildman–Crippen MR) is 67.6 cm³/mol. The highest BCUT2D eigenvalue weighted by molar-refractivity contribution is 5.97. The fourth-order valence-electron chi connectivity index (χ4n) is 1.70. The number of phenolic OH excluding ortho intramolecular Hbond substituents is 2. The first-order chi connectivity index (χ1) is 8.02. The van der Waals surface area contributed by atoms with Gasteiger partial charge in [0, 0.05) is 5.56 Å². The van der Waals surface area contributed by atoms with Gasteiger partial charge in [-0.15, -0.1) is 13.2 Å². The number of carbonyl (C=O) groups excluding carboxylic acids is 1. The van der Waals surface area contributed by atoms with Gasteiger partial charge >= 0.3 is 0 Å². The molecule has 1 aromatic carbocycles. The van der Waals surface area contributed by atoms with Gasteiger partial charge in [-0.2, -0.15) is 0 Å². The van der Waals surface area contributed by atoms with E-state index in [0.717, 1.165) is 0 Å². The number of allylic oxidation sites excluding steroid dienone is 2. The Bertz CT molecular complexity index is 473. The van der Waals surface area contributed by atoms with Crippen LogP contribution in [-0.2, 0) is 12.8 Å². The Balaban J connectivity index is 3.50. The molecule has 0 aromatic heterocycles. The maximum absolute atomic E-state index is 11.4.